The summed E-state index contributed by atoms with van der Waals surface area (Å²) in [5.74, 6) is -1.59. The number of nitro groups is 1. The van der Waals surface area contributed by atoms with E-state index in [0.717, 1.165) is 19.1 Å². The van der Waals surface area contributed by atoms with Crippen molar-refractivity contribution in [3.05, 3.63) is 57.6 Å². The number of ketones is 1. The zero-order valence-corrected chi connectivity index (χ0v) is 19.2. The molecule has 0 spiro atoms. The predicted molar refractivity (Wildman–Crippen MR) is 100 cm³/mol. The van der Waals surface area contributed by atoms with Gasteiger partial charge in [-0.3, -0.25) is 19.7 Å². The summed E-state index contributed by atoms with van der Waals surface area (Å²) in [7, 11) is -4.93. The van der Waals surface area contributed by atoms with Crippen LogP contribution >= 0.6 is 11.6 Å². The normalized spacial score (nSPS) is 12.1. The van der Waals surface area contributed by atoms with E-state index in [2.05, 4.69) is 15.5 Å². The molecule has 0 aromatic heterocycles. The first-order chi connectivity index (χ1) is 13.5. The third-order valence-electron chi connectivity index (χ3n) is 3.48. The van der Waals surface area contributed by atoms with Crippen LogP contribution in [0.5, 0.6) is 0 Å². The Morgan fingerprint density at radius 1 is 1.20 bits per heavy atom. The smallest absolute Gasteiger partial charge is 0.744 e. The van der Waals surface area contributed by atoms with Crippen molar-refractivity contribution in [3.63, 3.8) is 0 Å². The molecule has 11 nitrogen and oxygen atoms in total. The van der Waals surface area contributed by atoms with Crippen LogP contribution < -0.4 is 34.9 Å². The number of para-hydroxylation sites is 1. The number of nitrogens with zero attached hydrogens (tertiary/aromatic N) is 3. The molecule has 0 radical (unpaired) electrons. The van der Waals surface area contributed by atoms with Gasteiger partial charge >= 0.3 is 29.6 Å². The SMILES string of the molecule is CC(=O)C(N=Nc1ccc(S(=O)(=O)[O-])cc1[N+](=O)[O-])C(=O)Nc1ccccc1Cl.[Na+]. The molecule has 14 heteroatoms. The Morgan fingerprint density at radius 2 is 1.83 bits per heavy atom. The standard InChI is InChI=1S/C16H13ClN4O7S.Na/c1-9(22)15(16(23)18-12-5-3-2-4-11(12)17)20-19-13-7-6-10(29(26,27)28)8-14(13)21(24)25;/h2-8,15H,1H3,(H,18,23)(H,26,27,28);/q;+1/p-1. The zero-order chi connectivity index (χ0) is 21.8. The van der Waals surface area contributed by atoms with Gasteiger partial charge in [0.25, 0.3) is 11.6 Å². The topological polar surface area (TPSA) is 171 Å². The molecule has 2 aromatic carbocycles. The number of anilines is 1. The van der Waals surface area contributed by atoms with Gasteiger partial charge in [0.2, 0.25) is 6.04 Å². The average Bonchev–Trinajstić information content (AvgIpc) is 2.62. The first-order valence-corrected chi connectivity index (χ1v) is 9.50. The number of benzene rings is 2. The monoisotopic (exact) mass is 462 g/mol. The molecule has 0 bridgehead atoms. The molecule has 0 aliphatic rings. The molecule has 1 unspecified atom stereocenters. The maximum absolute atomic E-state index is 12.3. The number of halogens is 1. The van der Waals surface area contributed by atoms with E-state index in [-0.39, 0.29) is 40.3 Å². The summed E-state index contributed by atoms with van der Waals surface area (Å²) < 4.78 is 33.1. The minimum Gasteiger partial charge on any atom is -0.744 e. The zero-order valence-electron chi connectivity index (χ0n) is 15.6. The van der Waals surface area contributed by atoms with Gasteiger partial charge in [0.15, 0.2) is 11.5 Å². The molecule has 0 saturated carbocycles. The van der Waals surface area contributed by atoms with Crippen LogP contribution in [-0.4, -0.2) is 35.6 Å². The Labute approximate surface area is 197 Å². The fourth-order valence-corrected chi connectivity index (χ4v) is 2.77. The predicted octanol–water partition coefficient (Wildman–Crippen LogP) is -0.164. The van der Waals surface area contributed by atoms with Gasteiger partial charge in [-0.15, -0.1) is 5.11 Å². The van der Waals surface area contributed by atoms with Crippen molar-refractivity contribution >= 4 is 50.5 Å². The number of nitro benzene ring substituents is 1. The van der Waals surface area contributed by atoms with Gasteiger partial charge < -0.3 is 9.87 Å². The maximum atomic E-state index is 12.3. The van der Waals surface area contributed by atoms with Crippen molar-refractivity contribution in [1.82, 2.24) is 0 Å². The number of rotatable bonds is 7. The van der Waals surface area contributed by atoms with Crippen molar-refractivity contribution < 1.29 is 57.0 Å². The molecule has 30 heavy (non-hydrogen) atoms. The van der Waals surface area contributed by atoms with Crippen LogP contribution in [0.4, 0.5) is 17.1 Å². The van der Waals surface area contributed by atoms with Crippen LogP contribution in [0.3, 0.4) is 0 Å². The van der Waals surface area contributed by atoms with E-state index in [1.165, 1.54) is 12.1 Å². The summed E-state index contributed by atoms with van der Waals surface area (Å²) in [5.41, 5.74) is -1.06. The Morgan fingerprint density at radius 3 is 2.37 bits per heavy atom. The number of azo groups is 1. The second kappa shape index (κ2) is 10.7. The number of hydrogen-bond acceptors (Lipinski definition) is 9. The van der Waals surface area contributed by atoms with Crippen LogP contribution in [0.25, 0.3) is 0 Å². The summed E-state index contributed by atoms with van der Waals surface area (Å²) in [6.45, 7) is 1.07. The van der Waals surface area contributed by atoms with Crippen molar-refractivity contribution in [3.8, 4) is 0 Å². The van der Waals surface area contributed by atoms with Gasteiger partial charge in [-0.05, 0) is 31.2 Å². The Bertz CT molecular complexity index is 1120. The van der Waals surface area contributed by atoms with E-state index in [4.69, 9.17) is 11.6 Å². The van der Waals surface area contributed by atoms with Crippen LogP contribution in [0.1, 0.15) is 6.92 Å². The molecule has 0 aliphatic carbocycles. The number of carbonyl (C=O) groups is 2. The molecule has 1 amide bonds. The summed E-state index contributed by atoms with van der Waals surface area (Å²) >= 11 is 5.93. The minimum atomic E-state index is -4.93. The Hall–Kier alpha value is -2.22. The molecular formula is C16H12ClN4NaO7S. The van der Waals surface area contributed by atoms with Crippen molar-refractivity contribution in [2.75, 3.05) is 5.32 Å². The average molecular weight is 463 g/mol. The molecule has 0 saturated heterocycles. The molecule has 1 atom stereocenters. The summed E-state index contributed by atoms with van der Waals surface area (Å²) in [5, 5.41) is 20.8. The fraction of sp³-hybridized carbons (Fsp3) is 0.125. The minimum absolute atomic E-state index is 0. The molecular weight excluding hydrogens is 451 g/mol. The van der Waals surface area contributed by atoms with E-state index >= 15 is 0 Å². The van der Waals surface area contributed by atoms with Crippen molar-refractivity contribution in [2.24, 2.45) is 10.2 Å². The Kier molecular flexibility index (Phi) is 9.21. The van der Waals surface area contributed by atoms with E-state index in [9.17, 15) is 32.7 Å². The fourth-order valence-electron chi connectivity index (χ4n) is 2.09. The van der Waals surface area contributed by atoms with Crippen molar-refractivity contribution in [1.29, 1.82) is 0 Å². The van der Waals surface area contributed by atoms with Gasteiger partial charge in [-0.2, -0.15) is 5.11 Å². The van der Waals surface area contributed by atoms with Crippen LogP contribution in [0.15, 0.2) is 57.6 Å². The molecule has 0 fully saturated rings. The van der Waals surface area contributed by atoms with Crippen molar-refractivity contribution in [2.45, 2.75) is 17.9 Å². The number of Topliss-reactive ketones (excluding diaryl/α,β-unsaturated/α-hetero) is 1. The quantitative estimate of drug-likeness (QED) is 0.148. The van der Waals surface area contributed by atoms with Crippen LogP contribution in [-0.2, 0) is 19.7 Å². The van der Waals surface area contributed by atoms with E-state index < -0.39 is 49.0 Å². The van der Waals surface area contributed by atoms with E-state index in [1.54, 1.807) is 12.1 Å². The second-order valence-corrected chi connectivity index (χ2v) is 7.35. The third kappa shape index (κ3) is 6.65. The Balaban J connectivity index is 0.00000450. The van der Waals surface area contributed by atoms with Gasteiger partial charge in [0.05, 0.1) is 20.5 Å². The number of amides is 1. The first kappa shape index (κ1) is 25.8. The maximum Gasteiger partial charge on any atom is 1.00 e. The van der Waals surface area contributed by atoms with Gasteiger partial charge in [-0.25, -0.2) is 8.42 Å². The van der Waals surface area contributed by atoms with Crippen LogP contribution in [0.2, 0.25) is 5.02 Å². The number of hydrogen-bond donors (Lipinski definition) is 1. The molecule has 2 aromatic rings. The molecule has 152 valence electrons. The van der Waals surface area contributed by atoms with Gasteiger partial charge in [0.1, 0.15) is 10.1 Å². The van der Waals surface area contributed by atoms with Crippen LogP contribution in [0, 0.1) is 10.1 Å². The van der Waals surface area contributed by atoms with Gasteiger partial charge in [-0.1, -0.05) is 23.7 Å². The molecule has 1 N–H and O–H groups in total. The molecule has 0 heterocycles. The van der Waals surface area contributed by atoms with Gasteiger partial charge in [0, 0.05) is 6.07 Å². The number of nitrogens with one attached hydrogen (secondary N) is 1. The summed E-state index contributed by atoms with van der Waals surface area (Å²) in [6.07, 6.45) is 0. The molecule has 0 aliphatic heterocycles. The van der Waals surface area contributed by atoms with E-state index in [0.29, 0.717) is 6.07 Å². The first-order valence-electron chi connectivity index (χ1n) is 7.71. The third-order valence-corrected chi connectivity index (χ3v) is 4.64. The number of carbonyl (C=O) groups excluding carboxylic acids is 2. The summed E-state index contributed by atoms with van der Waals surface area (Å²) in [6, 6.07) is 6.77. The molecule has 2 rings (SSSR count). The second-order valence-electron chi connectivity index (χ2n) is 5.56. The van der Waals surface area contributed by atoms with E-state index in [1.807, 2.05) is 0 Å². The summed E-state index contributed by atoms with van der Waals surface area (Å²) in [4.78, 5) is 33.4. The largest absolute Gasteiger partial charge is 1.00 e.